The topological polar surface area (TPSA) is 64.6 Å². The molecule has 1 aromatic heterocycles. The number of carbonyl (C=O) groups excluding carboxylic acids is 2. The van der Waals surface area contributed by atoms with E-state index in [1.165, 1.54) is 10.4 Å². The van der Waals surface area contributed by atoms with Gasteiger partial charge in [-0.3, -0.25) is 9.68 Å². The van der Waals surface area contributed by atoms with Crippen LogP contribution >= 0.6 is 11.3 Å². The Morgan fingerprint density at radius 1 is 1.03 bits per heavy atom. The van der Waals surface area contributed by atoms with E-state index in [4.69, 9.17) is 0 Å². The van der Waals surface area contributed by atoms with Gasteiger partial charge in [-0.1, -0.05) is 44.0 Å². The maximum absolute atomic E-state index is 11.8. The van der Waals surface area contributed by atoms with E-state index in [1.807, 2.05) is 12.1 Å². The molecule has 0 spiro atoms. The summed E-state index contributed by atoms with van der Waals surface area (Å²) in [4.78, 5) is 33.8. The van der Waals surface area contributed by atoms with E-state index in [9.17, 15) is 9.59 Å². The fraction of sp³-hybridized carbons (Fsp3) is 0.478. The van der Waals surface area contributed by atoms with E-state index in [0.717, 1.165) is 30.4 Å². The molecule has 29 heavy (non-hydrogen) atoms. The van der Waals surface area contributed by atoms with Gasteiger partial charge >= 0.3 is 5.97 Å². The summed E-state index contributed by atoms with van der Waals surface area (Å²) in [7, 11) is 0. The number of unbranched alkanes of at least 4 members (excludes halogenated alkanes) is 2. The van der Waals surface area contributed by atoms with Crippen molar-refractivity contribution in [3.63, 3.8) is 0 Å². The highest BCUT2D eigenvalue weighted by molar-refractivity contribution is 7.10. The molecule has 0 fully saturated rings. The summed E-state index contributed by atoms with van der Waals surface area (Å²) in [6.45, 7) is 5.42. The summed E-state index contributed by atoms with van der Waals surface area (Å²) >= 11 is 1.69. The second-order valence-electron chi connectivity index (χ2n) is 6.96. The molecule has 0 saturated carbocycles. The van der Waals surface area contributed by atoms with Crippen LogP contribution in [0, 0.1) is 0 Å². The van der Waals surface area contributed by atoms with Crippen LogP contribution in [0.1, 0.15) is 56.4 Å². The van der Waals surface area contributed by atoms with Crippen molar-refractivity contribution in [2.75, 3.05) is 13.2 Å². The van der Waals surface area contributed by atoms with E-state index in [0.29, 0.717) is 39.0 Å². The molecule has 1 aromatic carbocycles. The Balaban J connectivity index is 1.76. The maximum Gasteiger partial charge on any atom is 0.342 e. The molecule has 2 rings (SSSR count). The molecule has 1 N–H and O–H groups in total. The highest BCUT2D eigenvalue weighted by Crippen LogP contribution is 2.26. The molecule has 2 aromatic rings. The van der Waals surface area contributed by atoms with Gasteiger partial charge in [0.25, 0.3) is 0 Å². The third kappa shape index (κ3) is 8.90. The quantitative estimate of drug-likeness (QED) is 0.264. The second kappa shape index (κ2) is 13.2. The first-order valence-electron chi connectivity index (χ1n) is 10.3. The number of nitrogens with one attached hydrogen (secondary N) is 1. The molecular formula is C23H31NO4S. The molecule has 0 aliphatic heterocycles. The highest BCUT2D eigenvalue weighted by atomic mass is 32.1. The SMILES string of the molecule is CCCCCC(=O)CNCc1cc(-c2ccc(CCC(=O)OOCC)cc2)cs1. The van der Waals surface area contributed by atoms with E-state index >= 15 is 0 Å². The van der Waals surface area contributed by atoms with Crippen molar-refractivity contribution in [2.24, 2.45) is 0 Å². The predicted molar refractivity (Wildman–Crippen MR) is 117 cm³/mol. The van der Waals surface area contributed by atoms with Gasteiger partial charge in [0.05, 0.1) is 19.6 Å². The molecule has 158 valence electrons. The number of thiophene rings is 1. The van der Waals surface area contributed by atoms with E-state index in [2.05, 4.69) is 45.6 Å². The van der Waals surface area contributed by atoms with Gasteiger partial charge in [0.2, 0.25) is 0 Å². The van der Waals surface area contributed by atoms with Gasteiger partial charge in [-0.2, -0.15) is 4.89 Å². The van der Waals surface area contributed by atoms with Crippen molar-refractivity contribution < 1.29 is 19.4 Å². The Morgan fingerprint density at radius 2 is 1.83 bits per heavy atom. The van der Waals surface area contributed by atoms with Crippen LogP contribution in [0.3, 0.4) is 0 Å². The molecule has 5 nitrogen and oxygen atoms in total. The van der Waals surface area contributed by atoms with Gasteiger partial charge in [-0.25, -0.2) is 4.79 Å². The van der Waals surface area contributed by atoms with E-state index in [-0.39, 0.29) is 11.8 Å². The zero-order valence-corrected chi connectivity index (χ0v) is 18.2. The number of benzene rings is 1. The third-order valence-corrected chi connectivity index (χ3v) is 5.45. The van der Waals surface area contributed by atoms with Gasteiger partial charge in [0.1, 0.15) is 5.78 Å². The van der Waals surface area contributed by atoms with Crippen molar-refractivity contribution >= 4 is 23.1 Å². The lowest BCUT2D eigenvalue weighted by Crippen LogP contribution is -2.21. The average Bonchev–Trinajstić information content (AvgIpc) is 3.20. The van der Waals surface area contributed by atoms with Gasteiger partial charge in [-0.15, -0.1) is 11.3 Å². The molecular weight excluding hydrogens is 386 g/mol. The lowest BCUT2D eigenvalue weighted by molar-refractivity contribution is -0.269. The summed E-state index contributed by atoms with van der Waals surface area (Å²) in [6, 6.07) is 10.4. The van der Waals surface area contributed by atoms with Crippen LogP contribution in [0.5, 0.6) is 0 Å². The van der Waals surface area contributed by atoms with Crippen LogP contribution in [0.2, 0.25) is 0 Å². The Bertz CT molecular complexity index is 754. The van der Waals surface area contributed by atoms with Crippen LogP contribution < -0.4 is 5.32 Å². The van der Waals surface area contributed by atoms with Crippen molar-refractivity contribution in [1.82, 2.24) is 5.32 Å². The number of carbonyl (C=O) groups is 2. The number of ketones is 1. The standard InChI is InChI=1S/C23H31NO4S/c1-3-5-6-7-21(25)15-24-16-22-14-20(17-29-22)19-11-8-18(9-12-19)10-13-23(26)28-27-4-2/h8-9,11-12,14,17,24H,3-7,10,13,15-16H2,1-2H3. The molecule has 0 atom stereocenters. The van der Waals surface area contributed by atoms with Gasteiger partial charge in [0, 0.05) is 17.8 Å². The smallest absolute Gasteiger partial charge is 0.305 e. The summed E-state index contributed by atoms with van der Waals surface area (Å²) in [5.41, 5.74) is 3.40. The molecule has 0 aliphatic rings. The fourth-order valence-corrected chi connectivity index (χ4v) is 3.75. The molecule has 1 heterocycles. The minimum atomic E-state index is -0.352. The highest BCUT2D eigenvalue weighted by Gasteiger charge is 2.07. The largest absolute Gasteiger partial charge is 0.342 e. The van der Waals surface area contributed by atoms with Crippen molar-refractivity contribution in [3.05, 3.63) is 46.2 Å². The first-order chi connectivity index (χ1) is 14.1. The van der Waals surface area contributed by atoms with Crippen molar-refractivity contribution in [2.45, 2.75) is 58.9 Å². The second-order valence-corrected chi connectivity index (χ2v) is 7.96. The number of Topliss-reactive ketones (excluding diaryl/α,β-unsaturated/α-hetero) is 1. The molecule has 6 heteroatoms. The lowest BCUT2D eigenvalue weighted by Gasteiger charge is -2.04. The Kier molecular flexibility index (Phi) is 10.6. The minimum Gasteiger partial charge on any atom is -0.305 e. The fourth-order valence-electron chi connectivity index (χ4n) is 2.89. The number of rotatable bonds is 14. The Labute approximate surface area is 177 Å². The number of aryl methyl sites for hydroxylation is 1. The van der Waals surface area contributed by atoms with Crippen LogP contribution in [-0.4, -0.2) is 24.9 Å². The van der Waals surface area contributed by atoms with Crippen LogP contribution in [0.15, 0.2) is 35.7 Å². The molecule has 0 radical (unpaired) electrons. The number of hydrogen-bond donors (Lipinski definition) is 1. The molecule has 0 aliphatic carbocycles. The average molecular weight is 418 g/mol. The molecule has 0 amide bonds. The zero-order valence-electron chi connectivity index (χ0n) is 17.4. The summed E-state index contributed by atoms with van der Waals surface area (Å²) in [6.07, 6.45) is 4.84. The van der Waals surface area contributed by atoms with E-state index in [1.54, 1.807) is 18.3 Å². The van der Waals surface area contributed by atoms with Crippen molar-refractivity contribution in [1.29, 1.82) is 0 Å². The normalized spacial score (nSPS) is 10.8. The summed E-state index contributed by atoms with van der Waals surface area (Å²) in [5, 5.41) is 5.38. The Hall–Kier alpha value is -2.02. The monoisotopic (exact) mass is 417 g/mol. The first-order valence-corrected chi connectivity index (χ1v) is 11.2. The minimum absolute atomic E-state index is 0.288. The van der Waals surface area contributed by atoms with E-state index < -0.39 is 0 Å². The lowest BCUT2D eigenvalue weighted by atomic mass is 10.0. The third-order valence-electron chi connectivity index (χ3n) is 4.51. The zero-order chi connectivity index (χ0) is 20.9. The summed E-state index contributed by atoms with van der Waals surface area (Å²) < 4.78 is 0. The van der Waals surface area contributed by atoms with Gasteiger partial charge < -0.3 is 5.32 Å². The van der Waals surface area contributed by atoms with Gasteiger partial charge in [0.15, 0.2) is 0 Å². The predicted octanol–water partition coefficient (Wildman–Crippen LogP) is 5.08. The molecule has 0 bridgehead atoms. The van der Waals surface area contributed by atoms with Crippen LogP contribution in [-0.2, 0) is 32.3 Å². The number of hydrogen-bond acceptors (Lipinski definition) is 6. The van der Waals surface area contributed by atoms with Crippen LogP contribution in [0.4, 0.5) is 0 Å². The van der Waals surface area contributed by atoms with Gasteiger partial charge in [-0.05, 0) is 47.9 Å². The summed E-state index contributed by atoms with van der Waals surface area (Å²) in [5.74, 6) is -0.0642. The first kappa shape index (κ1) is 23.3. The molecule has 0 unspecified atom stereocenters. The van der Waals surface area contributed by atoms with Crippen LogP contribution in [0.25, 0.3) is 11.1 Å². The molecule has 0 saturated heterocycles. The maximum atomic E-state index is 11.8. The Morgan fingerprint density at radius 3 is 2.55 bits per heavy atom. The van der Waals surface area contributed by atoms with Crippen molar-refractivity contribution in [3.8, 4) is 11.1 Å².